The van der Waals surface area contributed by atoms with Crippen molar-refractivity contribution in [2.45, 2.75) is 39.5 Å². The molecule has 0 aliphatic carbocycles. The first-order chi connectivity index (χ1) is 6.32. The van der Waals surface area contributed by atoms with Crippen molar-refractivity contribution in [3.8, 4) is 0 Å². The molecule has 14 heavy (non-hydrogen) atoms. The minimum atomic E-state index is -2.74. The maximum absolute atomic E-state index is 13.2. The smallest absolute Gasteiger partial charge is 0.202 e. The Morgan fingerprint density at radius 2 is 1.79 bits per heavy atom. The van der Waals surface area contributed by atoms with Crippen molar-refractivity contribution in [2.75, 3.05) is 0 Å². The highest BCUT2D eigenvalue weighted by atomic mass is 19.3. The molecule has 0 N–H and O–H groups in total. The van der Waals surface area contributed by atoms with E-state index in [0.717, 1.165) is 18.1 Å². The lowest BCUT2D eigenvalue weighted by molar-refractivity contribution is 0.0163. The van der Waals surface area contributed by atoms with Gasteiger partial charge >= 0.3 is 0 Å². The molecule has 2 heteroatoms. The second kappa shape index (κ2) is 3.68. The zero-order valence-electron chi connectivity index (χ0n) is 9.07. The van der Waals surface area contributed by atoms with E-state index in [2.05, 4.69) is 0 Å². The Labute approximate surface area is 84.0 Å². The normalized spacial score (nSPS) is 12.2. The fraction of sp³-hybridized carbons (Fsp3) is 0.500. The van der Waals surface area contributed by atoms with Crippen molar-refractivity contribution in [3.05, 3.63) is 34.9 Å². The van der Waals surface area contributed by atoms with Gasteiger partial charge in [0.2, 0.25) is 0 Å². The highest BCUT2D eigenvalue weighted by molar-refractivity contribution is 5.36. The molecular formula is C12H16F2. The number of halogens is 2. The van der Waals surface area contributed by atoms with Crippen molar-refractivity contribution in [2.24, 2.45) is 0 Å². The van der Waals surface area contributed by atoms with E-state index in [0.29, 0.717) is 0 Å². The summed E-state index contributed by atoms with van der Waals surface area (Å²) in [5.74, 6) is -2.61. The summed E-state index contributed by atoms with van der Waals surface area (Å²) in [5, 5.41) is 0. The first kappa shape index (κ1) is 11.2. The van der Waals surface area contributed by atoms with Gasteiger partial charge in [0.05, 0.1) is 0 Å². The van der Waals surface area contributed by atoms with Crippen LogP contribution in [-0.2, 0) is 5.92 Å². The predicted molar refractivity (Wildman–Crippen MR) is 54.8 cm³/mol. The molecule has 0 heterocycles. The van der Waals surface area contributed by atoms with E-state index in [1.165, 1.54) is 6.07 Å². The van der Waals surface area contributed by atoms with Crippen molar-refractivity contribution in [1.82, 2.24) is 0 Å². The standard InChI is InChI=1S/C12H16F2/c1-8(2)10-7-9(3)5-6-11(10)12(4,13)14/h5-8H,1-4H3. The topological polar surface area (TPSA) is 0 Å². The first-order valence-corrected chi connectivity index (χ1v) is 4.81. The summed E-state index contributed by atoms with van der Waals surface area (Å²) in [6.45, 7) is 6.74. The zero-order chi connectivity index (χ0) is 10.9. The molecule has 0 bridgehead atoms. The van der Waals surface area contributed by atoms with E-state index in [9.17, 15) is 8.78 Å². The fourth-order valence-electron chi connectivity index (χ4n) is 1.56. The number of alkyl halides is 2. The number of aryl methyl sites for hydroxylation is 1. The van der Waals surface area contributed by atoms with Gasteiger partial charge in [-0.1, -0.05) is 37.6 Å². The summed E-state index contributed by atoms with van der Waals surface area (Å²) in [5.41, 5.74) is 1.93. The second-order valence-corrected chi connectivity index (χ2v) is 4.13. The van der Waals surface area contributed by atoms with Crippen LogP contribution in [0.5, 0.6) is 0 Å². The van der Waals surface area contributed by atoms with Gasteiger partial charge in [0, 0.05) is 12.5 Å². The van der Waals surface area contributed by atoms with Crippen LogP contribution in [0.2, 0.25) is 0 Å². The summed E-state index contributed by atoms with van der Waals surface area (Å²) in [4.78, 5) is 0. The molecule has 0 fully saturated rings. The van der Waals surface area contributed by atoms with Crippen LogP contribution in [0, 0.1) is 6.92 Å². The monoisotopic (exact) mass is 198 g/mol. The first-order valence-electron chi connectivity index (χ1n) is 4.81. The molecule has 1 aromatic carbocycles. The third-order valence-electron chi connectivity index (χ3n) is 2.30. The van der Waals surface area contributed by atoms with E-state index in [1.54, 1.807) is 6.07 Å². The number of rotatable bonds is 2. The number of hydrogen-bond acceptors (Lipinski definition) is 0. The SMILES string of the molecule is Cc1ccc(C(C)(F)F)c(C(C)C)c1. The van der Waals surface area contributed by atoms with Crippen LogP contribution in [0.25, 0.3) is 0 Å². The van der Waals surface area contributed by atoms with Crippen molar-refractivity contribution in [3.63, 3.8) is 0 Å². The lowest BCUT2D eigenvalue weighted by atomic mass is 9.92. The maximum Gasteiger partial charge on any atom is 0.270 e. The molecule has 0 saturated carbocycles. The number of hydrogen-bond donors (Lipinski definition) is 0. The Hall–Kier alpha value is -0.920. The van der Waals surface area contributed by atoms with Gasteiger partial charge in [0.1, 0.15) is 0 Å². The molecule has 0 aliphatic rings. The van der Waals surface area contributed by atoms with Crippen LogP contribution in [0.4, 0.5) is 8.78 Å². The quantitative estimate of drug-likeness (QED) is 0.667. The highest BCUT2D eigenvalue weighted by Crippen LogP contribution is 2.33. The Bertz CT molecular complexity index is 322. The van der Waals surface area contributed by atoms with Crippen LogP contribution in [-0.4, -0.2) is 0 Å². The van der Waals surface area contributed by atoms with Crippen molar-refractivity contribution in [1.29, 1.82) is 0 Å². The molecule has 0 saturated heterocycles. The third kappa shape index (κ3) is 2.31. The Kier molecular flexibility index (Phi) is 2.93. The average molecular weight is 198 g/mol. The zero-order valence-corrected chi connectivity index (χ0v) is 9.07. The minimum absolute atomic E-state index is 0.135. The van der Waals surface area contributed by atoms with Gasteiger partial charge in [0.25, 0.3) is 5.92 Å². The van der Waals surface area contributed by atoms with Gasteiger partial charge in [-0.3, -0.25) is 0 Å². The van der Waals surface area contributed by atoms with Crippen molar-refractivity contribution >= 4 is 0 Å². The Morgan fingerprint density at radius 1 is 1.21 bits per heavy atom. The molecule has 0 radical (unpaired) electrons. The van der Waals surface area contributed by atoms with Gasteiger partial charge in [-0.2, -0.15) is 0 Å². The summed E-state index contributed by atoms with van der Waals surface area (Å²) >= 11 is 0. The molecule has 0 spiro atoms. The van der Waals surface area contributed by atoms with Crippen LogP contribution < -0.4 is 0 Å². The molecule has 78 valence electrons. The van der Waals surface area contributed by atoms with E-state index in [-0.39, 0.29) is 11.5 Å². The molecular weight excluding hydrogens is 182 g/mol. The Balaban J connectivity index is 3.29. The predicted octanol–water partition coefficient (Wildman–Crippen LogP) is 4.23. The Morgan fingerprint density at radius 3 is 2.21 bits per heavy atom. The van der Waals surface area contributed by atoms with E-state index in [1.807, 2.05) is 26.8 Å². The van der Waals surface area contributed by atoms with Crippen LogP contribution in [0.1, 0.15) is 43.4 Å². The molecule has 0 unspecified atom stereocenters. The van der Waals surface area contributed by atoms with Gasteiger partial charge in [0.15, 0.2) is 0 Å². The molecule has 0 aromatic heterocycles. The van der Waals surface area contributed by atoms with Gasteiger partial charge in [-0.05, 0) is 18.4 Å². The van der Waals surface area contributed by atoms with E-state index >= 15 is 0 Å². The largest absolute Gasteiger partial charge is 0.270 e. The maximum atomic E-state index is 13.2. The molecule has 0 nitrogen and oxygen atoms in total. The minimum Gasteiger partial charge on any atom is -0.202 e. The highest BCUT2D eigenvalue weighted by Gasteiger charge is 2.27. The summed E-state index contributed by atoms with van der Waals surface area (Å²) in [6.07, 6.45) is 0. The molecule has 1 aromatic rings. The summed E-state index contributed by atoms with van der Waals surface area (Å²) < 4.78 is 26.4. The molecule has 1 rings (SSSR count). The van der Waals surface area contributed by atoms with Crippen LogP contribution in [0.15, 0.2) is 18.2 Å². The van der Waals surface area contributed by atoms with Crippen molar-refractivity contribution < 1.29 is 8.78 Å². The summed E-state index contributed by atoms with van der Waals surface area (Å²) in [7, 11) is 0. The molecule has 0 aliphatic heterocycles. The average Bonchev–Trinajstić information content (AvgIpc) is 2.01. The molecule has 0 amide bonds. The lowest BCUT2D eigenvalue weighted by Gasteiger charge is -2.18. The summed E-state index contributed by atoms with van der Waals surface area (Å²) in [6, 6.07) is 5.11. The van der Waals surface area contributed by atoms with Crippen LogP contribution >= 0.6 is 0 Å². The third-order valence-corrected chi connectivity index (χ3v) is 2.30. The van der Waals surface area contributed by atoms with Gasteiger partial charge in [-0.25, -0.2) is 8.78 Å². The number of benzene rings is 1. The molecule has 0 atom stereocenters. The second-order valence-electron chi connectivity index (χ2n) is 4.13. The fourth-order valence-corrected chi connectivity index (χ4v) is 1.56. The van der Waals surface area contributed by atoms with E-state index < -0.39 is 5.92 Å². The lowest BCUT2D eigenvalue weighted by Crippen LogP contribution is -2.11. The van der Waals surface area contributed by atoms with Gasteiger partial charge < -0.3 is 0 Å². The van der Waals surface area contributed by atoms with Gasteiger partial charge in [-0.15, -0.1) is 0 Å². The van der Waals surface area contributed by atoms with E-state index in [4.69, 9.17) is 0 Å². The van der Waals surface area contributed by atoms with Crippen LogP contribution in [0.3, 0.4) is 0 Å².